The van der Waals surface area contributed by atoms with Crippen molar-refractivity contribution in [2.45, 2.75) is 0 Å². The van der Waals surface area contributed by atoms with Crippen molar-refractivity contribution in [2.24, 2.45) is 0 Å². The van der Waals surface area contributed by atoms with Gasteiger partial charge in [-0.15, -0.1) is 0 Å². The third kappa shape index (κ3) is 3.84. The van der Waals surface area contributed by atoms with Gasteiger partial charge in [0.15, 0.2) is 11.5 Å². The van der Waals surface area contributed by atoms with Crippen molar-refractivity contribution in [1.82, 2.24) is 10.4 Å². The van der Waals surface area contributed by atoms with E-state index in [2.05, 4.69) is 10.7 Å². The van der Waals surface area contributed by atoms with E-state index in [1.54, 1.807) is 18.2 Å². The van der Waals surface area contributed by atoms with Gasteiger partial charge in [-0.3, -0.25) is 4.79 Å². The summed E-state index contributed by atoms with van der Waals surface area (Å²) < 4.78 is 16.2. The lowest BCUT2D eigenvalue weighted by Gasteiger charge is -2.26. The van der Waals surface area contributed by atoms with Gasteiger partial charge in [0.25, 0.3) is 0 Å². The molecule has 1 amide bonds. The Balaban J connectivity index is 1.50. The summed E-state index contributed by atoms with van der Waals surface area (Å²) in [5, 5.41) is 4.83. The highest BCUT2D eigenvalue weighted by Crippen LogP contribution is 2.32. The highest BCUT2D eigenvalue weighted by molar-refractivity contribution is 5.92. The first kappa shape index (κ1) is 14.1. The van der Waals surface area contributed by atoms with E-state index in [9.17, 15) is 4.79 Å². The Labute approximate surface area is 123 Å². The van der Waals surface area contributed by atoms with Crippen molar-refractivity contribution in [2.75, 3.05) is 51.4 Å². The summed E-state index contributed by atoms with van der Waals surface area (Å²) in [6.07, 6.45) is 0. The summed E-state index contributed by atoms with van der Waals surface area (Å²) in [4.78, 5) is 11.9. The van der Waals surface area contributed by atoms with Crippen LogP contribution >= 0.6 is 0 Å². The first-order valence-corrected chi connectivity index (χ1v) is 7.07. The lowest BCUT2D eigenvalue weighted by molar-refractivity contribution is -0.116. The van der Waals surface area contributed by atoms with Gasteiger partial charge in [-0.05, 0) is 12.1 Å². The van der Waals surface area contributed by atoms with Crippen LogP contribution in [0.15, 0.2) is 18.2 Å². The second-order valence-electron chi connectivity index (χ2n) is 4.84. The summed E-state index contributed by atoms with van der Waals surface area (Å²) in [6.45, 7) is 4.28. The zero-order chi connectivity index (χ0) is 14.5. The van der Waals surface area contributed by atoms with E-state index in [1.165, 1.54) is 0 Å². The van der Waals surface area contributed by atoms with Gasteiger partial charge in [-0.25, -0.2) is 10.4 Å². The summed E-state index contributed by atoms with van der Waals surface area (Å²) in [6, 6.07) is 5.39. The highest BCUT2D eigenvalue weighted by atomic mass is 16.6. The molecule has 7 heteroatoms. The molecule has 0 atom stereocenters. The molecule has 0 aliphatic carbocycles. The smallest absolute Gasteiger partial charge is 0.239 e. The third-order valence-electron chi connectivity index (χ3n) is 3.30. The van der Waals surface area contributed by atoms with E-state index in [4.69, 9.17) is 14.2 Å². The largest absolute Gasteiger partial charge is 0.486 e. The van der Waals surface area contributed by atoms with Crippen LogP contribution in [0.2, 0.25) is 0 Å². The maximum atomic E-state index is 11.9. The van der Waals surface area contributed by atoms with E-state index < -0.39 is 0 Å². The van der Waals surface area contributed by atoms with Crippen molar-refractivity contribution >= 4 is 11.6 Å². The molecule has 0 bridgehead atoms. The number of hydrazine groups is 1. The normalized spacial score (nSPS) is 18.3. The minimum atomic E-state index is -0.0989. The van der Waals surface area contributed by atoms with E-state index in [0.29, 0.717) is 43.6 Å². The molecule has 0 aromatic heterocycles. The van der Waals surface area contributed by atoms with Gasteiger partial charge in [-0.1, -0.05) is 0 Å². The van der Waals surface area contributed by atoms with Crippen LogP contribution in [0.5, 0.6) is 11.5 Å². The van der Waals surface area contributed by atoms with Crippen LogP contribution in [0, 0.1) is 0 Å². The molecule has 114 valence electrons. The number of fused-ring (bicyclic) bond motifs is 1. The standard InChI is InChI=1S/C14H19N3O4/c18-14(10-15-17-3-5-19-6-4-17)16-11-1-2-12-13(9-11)21-8-7-20-12/h1-2,9,15H,3-8,10H2,(H,16,18). The monoisotopic (exact) mass is 293 g/mol. The number of hydrogen-bond donors (Lipinski definition) is 2. The van der Waals surface area contributed by atoms with Crippen LogP contribution in [0.3, 0.4) is 0 Å². The fraction of sp³-hybridized carbons (Fsp3) is 0.500. The molecule has 2 aliphatic rings. The van der Waals surface area contributed by atoms with Crippen molar-refractivity contribution in [3.8, 4) is 11.5 Å². The topological polar surface area (TPSA) is 72.1 Å². The van der Waals surface area contributed by atoms with Crippen LogP contribution in [0.25, 0.3) is 0 Å². The zero-order valence-electron chi connectivity index (χ0n) is 11.8. The average Bonchev–Trinajstić information content (AvgIpc) is 2.54. The predicted octanol–water partition coefficient (Wildman–Crippen LogP) is 0.233. The Morgan fingerprint density at radius 3 is 2.67 bits per heavy atom. The Hall–Kier alpha value is -1.83. The first-order valence-electron chi connectivity index (χ1n) is 7.07. The van der Waals surface area contributed by atoms with Crippen molar-refractivity contribution < 1.29 is 19.0 Å². The molecule has 1 saturated heterocycles. The van der Waals surface area contributed by atoms with Gasteiger partial charge in [0.1, 0.15) is 13.2 Å². The van der Waals surface area contributed by atoms with Crippen LogP contribution < -0.4 is 20.2 Å². The lowest BCUT2D eigenvalue weighted by Crippen LogP contribution is -2.48. The first-order chi connectivity index (χ1) is 10.3. The second-order valence-corrected chi connectivity index (χ2v) is 4.84. The number of morpholine rings is 1. The summed E-state index contributed by atoms with van der Waals surface area (Å²) in [5.41, 5.74) is 3.79. The molecular weight excluding hydrogens is 274 g/mol. The Kier molecular flexibility index (Phi) is 4.54. The zero-order valence-corrected chi connectivity index (χ0v) is 11.8. The summed E-state index contributed by atoms with van der Waals surface area (Å²) >= 11 is 0. The SMILES string of the molecule is O=C(CNN1CCOCC1)Nc1ccc2c(c1)OCCO2. The minimum absolute atomic E-state index is 0.0989. The van der Waals surface area contributed by atoms with E-state index >= 15 is 0 Å². The summed E-state index contributed by atoms with van der Waals surface area (Å²) in [7, 11) is 0. The van der Waals surface area contributed by atoms with E-state index in [1.807, 2.05) is 5.01 Å². The Bertz CT molecular complexity index is 503. The predicted molar refractivity (Wildman–Crippen MR) is 76.5 cm³/mol. The second kappa shape index (κ2) is 6.75. The number of ether oxygens (including phenoxy) is 3. The molecule has 21 heavy (non-hydrogen) atoms. The van der Waals surface area contributed by atoms with Gasteiger partial charge in [-0.2, -0.15) is 0 Å². The third-order valence-corrected chi connectivity index (χ3v) is 3.30. The fourth-order valence-electron chi connectivity index (χ4n) is 2.23. The van der Waals surface area contributed by atoms with Crippen molar-refractivity contribution in [1.29, 1.82) is 0 Å². The number of rotatable bonds is 4. The summed E-state index contributed by atoms with van der Waals surface area (Å²) in [5.74, 6) is 1.28. The molecule has 1 aromatic rings. The van der Waals surface area contributed by atoms with Crippen LogP contribution in [0.4, 0.5) is 5.69 Å². The Morgan fingerprint density at radius 2 is 1.86 bits per heavy atom. The van der Waals surface area contributed by atoms with Gasteiger partial charge >= 0.3 is 0 Å². The molecule has 2 aliphatic heterocycles. The molecular formula is C14H19N3O4. The van der Waals surface area contributed by atoms with Gasteiger partial charge in [0, 0.05) is 24.8 Å². The van der Waals surface area contributed by atoms with Crippen LogP contribution in [-0.2, 0) is 9.53 Å². The minimum Gasteiger partial charge on any atom is -0.486 e. The van der Waals surface area contributed by atoms with Crippen LogP contribution in [0.1, 0.15) is 0 Å². The molecule has 0 radical (unpaired) electrons. The van der Waals surface area contributed by atoms with E-state index in [-0.39, 0.29) is 12.5 Å². The number of benzene rings is 1. The van der Waals surface area contributed by atoms with Crippen molar-refractivity contribution in [3.63, 3.8) is 0 Å². The number of carbonyl (C=O) groups excluding carboxylic acids is 1. The molecule has 3 rings (SSSR count). The van der Waals surface area contributed by atoms with Gasteiger partial charge < -0.3 is 19.5 Å². The molecule has 2 N–H and O–H groups in total. The van der Waals surface area contributed by atoms with E-state index in [0.717, 1.165) is 13.1 Å². The number of anilines is 1. The van der Waals surface area contributed by atoms with Crippen LogP contribution in [-0.4, -0.2) is 57.0 Å². The molecule has 2 heterocycles. The number of hydrogen-bond acceptors (Lipinski definition) is 6. The fourth-order valence-corrected chi connectivity index (χ4v) is 2.23. The maximum Gasteiger partial charge on any atom is 0.239 e. The molecule has 0 unspecified atom stereocenters. The average molecular weight is 293 g/mol. The van der Waals surface area contributed by atoms with Gasteiger partial charge in [0.05, 0.1) is 19.8 Å². The number of amides is 1. The molecule has 0 saturated carbocycles. The highest BCUT2D eigenvalue weighted by Gasteiger charge is 2.14. The number of carbonyl (C=O) groups is 1. The lowest BCUT2D eigenvalue weighted by atomic mass is 10.2. The van der Waals surface area contributed by atoms with Crippen molar-refractivity contribution in [3.05, 3.63) is 18.2 Å². The molecule has 1 aromatic carbocycles. The molecule has 1 fully saturated rings. The quantitative estimate of drug-likeness (QED) is 0.828. The number of nitrogens with one attached hydrogen (secondary N) is 2. The molecule has 0 spiro atoms. The maximum absolute atomic E-state index is 11.9. The molecule has 7 nitrogen and oxygen atoms in total. The van der Waals surface area contributed by atoms with Gasteiger partial charge in [0.2, 0.25) is 5.91 Å². The Morgan fingerprint density at radius 1 is 1.10 bits per heavy atom. The number of nitrogens with zero attached hydrogens (tertiary/aromatic N) is 1.